The molecule has 0 saturated heterocycles. The molecular formula is C11H14BrNO2S2. The van der Waals surface area contributed by atoms with Gasteiger partial charge in [0.1, 0.15) is 4.21 Å². The molecule has 0 spiro atoms. The largest absolute Gasteiger partial charge is 0.250 e. The average molecular weight is 336 g/mol. The smallest absolute Gasteiger partial charge is 0.210 e. The second kappa shape index (κ2) is 4.05. The molecule has 0 aromatic carbocycles. The van der Waals surface area contributed by atoms with E-state index in [0.717, 1.165) is 9.70 Å². The lowest BCUT2D eigenvalue weighted by atomic mass is 10.0. The molecule has 6 heteroatoms. The second-order valence-electron chi connectivity index (χ2n) is 5.02. The van der Waals surface area contributed by atoms with Gasteiger partial charge < -0.3 is 0 Å². The molecule has 2 aliphatic rings. The molecule has 0 bridgehead atoms. The third kappa shape index (κ3) is 2.45. The van der Waals surface area contributed by atoms with E-state index in [0.29, 0.717) is 16.2 Å². The lowest BCUT2D eigenvalue weighted by molar-refractivity contribution is 0.432. The van der Waals surface area contributed by atoms with Gasteiger partial charge in [0.05, 0.1) is 3.79 Å². The standard InChI is InChI=1S/C11H14BrNO2S2/c12-9-3-4-10(16-9)17(14,15)13-7-11(5-6-11)8-1-2-8/h3-4,8,13H,1-2,5-7H2. The Morgan fingerprint density at radius 2 is 2.12 bits per heavy atom. The summed E-state index contributed by atoms with van der Waals surface area (Å²) >= 11 is 4.54. The fourth-order valence-corrected chi connectivity index (χ4v) is 5.53. The van der Waals surface area contributed by atoms with Crippen molar-refractivity contribution in [3.63, 3.8) is 0 Å². The van der Waals surface area contributed by atoms with Crippen LogP contribution in [0.3, 0.4) is 0 Å². The van der Waals surface area contributed by atoms with Crippen molar-refractivity contribution in [2.75, 3.05) is 6.54 Å². The second-order valence-corrected chi connectivity index (χ2v) is 9.48. The molecule has 1 N–H and O–H groups in total. The van der Waals surface area contributed by atoms with Crippen LogP contribution >= 0.6 is 27.3 Å². The van der Waals surface area contributed by atoms with Crippen molar-refractivity contribution in [3.8, 4) is 0 Å². The van der Waals surface area contributed by atoms with Crippen LogP contribution in [0.5, 0.6) is 0 Å². The number of rotatable bonds is 5. The molecule has 0 unspecified atom stereocenters. The van der Waals surface area contributed by atoms with Gasteiger partial charge >= 0.3 is 0 Å². The maximum atomic E-state index is 12.0. The highest BCUT2D eigenvalue weighted by Gasteiger charge is 2.53. The van der Waals surface area contributed by atoms with Crippen LogP contribution in [0.25, 0.3) is 0 Å². The quantitative estimate of drug-likeness (QED) is 0.899. The predicted molar refractivity (Wildman–Crippen MR) is 71.6 cm³/mol. The van der Waals surface area contributed by atoms with Gasteiger partial charge in [0.2, 0.25) is 10.0 Å². The van der Waals surface area contributed by atoms with Gasteiger partial charge in [-0.1, -0.05) is 0 Å². The zero-order valence-corrected chi connectivity index (χ0v) is 12.5. The average Bonchev–Trinajstić information content (AvgIpc) is 3.15. The Labute approximate surface area is 114 Å². The Morgan fingerprint density at radius 3 is 2.59 bits per heavy atom. The lowest BCUT2D eigenvalue weighted by Crippen LogP contribution is -2.30. The maximum absolute atomic E-state index is 12.0. The van der Waals surface area contributed by atoms with Crippen molar-refractivity contribution in [2.24, 2.45) is 11.3 Å². The molecule has 0 aliphatic heterocycles. The maximum Gasteiger partial charge on any atom is 0.250 e. The van der Waals surface area contributed by atoms with Gasteiger partial charge in [0.15, 0.2) is 0 Å². The highest BCUT2D eigenvalue weighted by Crippen LogP contribution is 2.60. The van der Waals surface area contributed by atoms with Gasteiger partial charge in [-0.25, -0.2) is 13.1 Å². The van der Waals surface area contributed by atoms with Gasteiger partial charge in [-0.2, -0.15) is 0 Å². The Hall–Kier alpha value is 0.0900. The van der Waals surface area contributed by atoms with Crippen molar-refractivity contribution < 1.29 is 8.42 Å². The Morgan fingerprint density at radius 1 is 1.41 bits per heavy atom. The highest BCUT2D eigenvalue weighted by molar-refractivity contribution is 9.11. The van der Waals surface area contributed by atoms with Crippen LogP contribution in [-0.4, -0.2) is 15.0 Å². The number of hydrogen-bond donors (Lipinski definition) is 1. The summed E-state index contributed by atoms with van der Waals surface area (Å²) in [5.74, 6) is 0.778. The van der Waals surface area contributed by atoms with Crippen molar-refractivity contribution in [3.05, 3.63) is 15.9 Å². The van der Waals surface area contributed by atoms with Crippen LogP contribution in [-0.2, 0) is 10.0 Å². The summed E-state index contributed by atoms with van der Waals surface area (Å²) in [6.45, 7) is 0.621. The van der Waals surface area contributed by atoms with E-state index < -0.39 is 10.0 Å². The summed E-state index contributed by atoms with van der Waals surface area (Å²) < 4.78 is 28.1. The van der Waals surface area contributed by atoms with E-state index in [1.54, 1.807) is 12.1 Å². The van der Waals surface area contributed by atoms with Gasteiger partial charge in [-0.15, -0.1) is 11.3 Å². The summed E-state index contributed by atoms with van der Waals surface area (Å²) in [7, 11) is -3.30. The van der Waals surface area contributed by atoms with Gasteiger partial charge in [0.25, 0.3) is 0 Å². The Kier molecular flexibility index (Phi) is 2.89. The molecule has 94 valence electrons. The van der Waals surface area contributed by atoms with E-state index in [1.807, 2.05) is 0 Å². The summed E-state index contributed by atoms with van der Waals surface area (Å²) in [5.41, 5.74) is 0.307. The lowest BCUT2D eigenvalue weighted by Gasteiger charge is -2.14. The summed E-state index contributed by atoms with van der Waals surface area (Å²) in [6, 6.07) is 3.42. The summed E-state index contributed by atoms with van der Waals surface area (Å²) in [4.78, 5) is 0. The molecule has 1 aromatic rings. The van der Waals surface area contributed by atoms with Crippen LogP contribution < -0.4 is 4.72 Å². The van der Waals surface area contributed by atoms with Crippen molar-refractivity contribution in [2.45, 2.75) is 29.9 Å². The van der Waals surface area contributed by atoms with Crippen LogP contribution in [0.1, 0.15) is 25.7 Å². The highest BCUT2D eigenvalue weighted by atomic mass is 79.9. The van der Waals surface area contributed by atoms with Crippen molar-refractivity contribution >= 4 is 37.3 Å². The van der Waals surface area contributed by atoms with Crippen LogP contribution in [0.4, 0.5) is 0 Å². The molecule has 0 radical (unpaired) electrons. The minimum absolute atomic E-state index is 0.307. The van der Waals surface area contributed by atoms with E-state index in [4.69, 9.17) is 0 Å². The normalized spacial score (nSPS) is 22.6. The topological polar surface area (TPSA) is 46.2 Å². The zero-order valence-electron chi connectivity index (χ0n) is 9.28. The molecule has 0 amide bonds. The predicted octanol–water partition coefficient (Wildman–Crippen LogP) is 2.98. The van der Waals surface area contributed by atoms with Gasteiger partial charge in [-0.3, -0.25) is 0 Å². The fourth-order valence-electron chi connectivity index (χ4n) is 2.34. The number of thiophene rings is 1. The van der Waals surface area contributed by atoms with Crippen LogP contribution in [0.2, 0.25) is 0 Å². The first-order valence-electron chi connectivity index (χ1n) is 5.77. The van der Waals surface area contributed by atoms with E-state index >= 15 is 0 Å². The monoisotopic (exact) mass is 335 g/mol. The van der Waals surface area contributed by atoms with Crippen molar-refractivity contribution in [1.82, 2.24) is 4.72 Å². The summed E-state index contributed by atoms with van der Waals surface area (Å²) in [6.07, 6.45) is 4.95. The first-order valence-corrected chi connectivity index (χ1v) is 8.86. The first kappa shape index (κ1) is 12.1. The van der Waals surface area contributed by atoms with Crippen LogP contribution in [0, 0.1) is 11.3 Å². The number of halogens is 1. The number of nitrogens with one attached hydrogen (secondary N) is 1. The molecule has 3 nitrogen and oxygen atoms in total. The minimum Gasteiger partial charge on any atom is -0.210 e. The molecule has 0 atom stereocenters. The van der Waals surface area contributed by atoms with E-state index in [-0.39, 0.29) is 0 Å². The Balaban J connectivity index is 1.68. The zero-order chi connectivity index (χ0) is 12.1. The Bertz CT molecular complexity index is 529. The molecular weight excluding hydrogens is 322 g/mol. The molecule has 1 heterocycles. The molecule has 17 heavy (non-hydrogen) atoms. The van der Waals surface area contributed by atoms with E-state index in [9.17, 15) is 8.42 Å². The summed E-state index contributed by atoms with van der Waals surface area (Å²) in [5, 5.41) is 0. The molecule has 2 saturated carbocycles. The van der Waals surface area contributed by atoms with Gasteiger partial charge in [-0.05, 0) is 65.1 Å². The SMILES string of the molecule is O=S(=O)(NCC1(C2CC2)CC1)c1ccc(Br)s1. The number of hydrogen-bond acceptors (Lipinski definition) is 3. The molecule has 2 aliphatic carbocycles. The fraction of sp³-hybridized carbons (Fsp3) is 0.636. The van der Waals surface area contributed by atoms with Gasteiger partial charge in [0, 0.05) is 6.54 Å². The van der Waals surface area contributed by atoms with Crippen LogP contribution in [0.15, 0.2) is 20.1 Å². The minimum atomic E-state index is -3.30. The molecule has 1 aromatic heterocycles. The van der Waals surface area contributed by atoms with E-state index in [1.165, 1.54) is 37.0 Å². The number of sulfonamides is 1. The van der Waals surface area contributed by atoms with Crippen molar-refractivity contribution in [1.29, 1.82) is 0 Å². The third-order valence-corrected chi connectivity index (χ3v) is 7.28. The molecule has 3 rings (SSSR count). The first-order chi connectivity index (χ1) is 8.02. The third-order valence-electron chi connectivity index (χ3n) is 3.76. The van der Waals surface area contributed by atoms with E-state index in [2.05, 4.69) is 20.7 Å². The molecule has 2 fully saturated rings.